The van der Waals surface area contributed by atoms with Crippen LogP contribution in [0.5, 0.6) is 0 Å². The van der Waals surface area contributed by atoms with E-state index in [0.717, 1.165) is 0 Å². The maximum atomic E-state index is 10.9. The lowest BCUT2D eigenvalue weighted by molar-refractivity contribution is -0.120. The van der Waals surface area contributed by atoms with Crippen LogP contribution in [0.3, 0.4) is 0 Å². The lowest BCUT2D eigenvalue weighted by atomic mass is 10.5. The molecule has 0 unspecified atom stereocenters. The van der Waals surface area contributed by atoms with Crippen LogP contribution in [0.1, 0.15) is 13.3 Å². The number of rotatable bonds is 4. The molecule has 11 nitrogen and oxygen atoms in total. The van der Waals surface area contributed by atoms with Crippen LogP contribution in [0.4, 0.5) is 14.4 Å². The highest BCUT2D eigenvalue weighted by Crippen LogP contribution is 1.92. The van der Waals surface area contributed by atoms with Crippen molar-refractivity contribution in [2.75, 3.05) is 62.6 Å². The van der Waals surface area contributed by atoms with Gasteiger partial charge in [0, 0.05) is 47.7 Å². The van der Waals surface area contributed by atoms with Gasteiger partial charge < -0.3 is 34.6 Å². The first-order valence-corrected chi connectivity index (χ1v) is 7.69. The summed E-state index contributed by atoms with van der Waals surface area (Å²) in [6.07, 6.45) is -0.683. The van der Waals surface area contributed by atoms with Gasteiger partial charge in [-0.3, -0.25) is 4.79 Å². The zero-order valence-electron chi connectivity index (χ0n) is 16.9. The zero-order chi connectivity index (χ0) is 21.1. The first-order chi connectivity index (χ1) is 12.1. The van der Waals surface area contributed by atoms with Gasteiger partial charge in [0.2, 0.25) is 5.91 Å². The normalized spacial score (nSPS) is 8.31. The summed E-state index contributed by atoms with van der Waals surface area (Å²) in [5.74, 6) is 0.0926. The second-order valence-electron chi connectivity index (χ2n) is 4.55. The SMILES string of the molecule is CCC(=O)NC.CNC(=O)OC.COC(=O)N(C)CCN(C)C(=O)OC. The Morgan fingerprint density at radius 3 is 1.27 bits per heavy atom. The van der Waals surface area contributed by atoms with Gasteiger partial charge in [0.25, 0.3) is 0 Å². The molecule has 0 bridgehead atoms. The van der Waals surface area contributed by atoms with Crippen molar-refractivity contribution >= 4 is 24.2 Å². The highest BCUT2D eigenvalue weighted by atomic mass is 16.5. The summed E-state index contributed by atoms with van der Waals surface area (Å²) in [5, 5.41) is 4.73. The summed E-state index contributed by atoms with van der Waals surface area (Å²) >= 11 is 0. The second-order valence-corrected chi connectivity index (χ2v) is 4.55. The van der Waals surface area contributed by atoms with Crippen LogP contribution in [0, 0.1) is 0 Å². The zero-order valence-corrected chi connectivity index (χ0v) is 16.9. The molecule has 0 aliphatic carbocycles. The van der Waals surface area contributed by atoms with Crippen molar-refractivity contribution < 1.29 is 33.4 Å². The average molecular weight is 380 g/mol. The summed E-state index contributed by atoms with van der Waals surface area (Å²) in [7, 11) is 10.3. The fourth-order valence-corrected chi connectivity index (χ4v) is 1.07. The van der Waals surface area contributed by atoms with Gasteiger partial charge in [0.15, 0.2) is 0 Å². The Morgan fingerprint density at radius 2 is 1.15 bits per heavy atom. The van der Waals surface area contributed by atoms with Gasteiger partial charge in [-0.25, -0.2) is 14.4 Å². The molecule has 0 saturated heterocycles. The van der Waals surface area contributed by atoms with Crippen molar-refractivity contribution in [1.29, 1.82) is 0 Å². The van der Waals surface area contributed by atoms with E-state index >= 15 is 0 Å². The van der Waals surface area contributed by atoms with E-state index in [1.165, 1.54) is 38.2 Å². The molecule has 0 aliphatic heterocycles. The molecular weight excluding hydrogens is 348 g/mol. The molecule has 0 fully saturated rings. The molecule has 0 aromatic rings. The third kappa shape index (κ3) is 17.6. The molecule has 0 radical (unpaired) electrons. The van der Waals surface area contributed by atoms with Crippen LogP contribution in [0.15, 0.2) is 0 Å². The number of likely N-dealkylation sites (N-methyl/N-ethyl adjacent to an activating group) is 2. The molecule has 11 heteroatoms. The van der Waals surface area contributed by atoms with E-state index in [0.29, 0.717) is 19.5 Å². The second kappa shape index (κ2) is 18.6. The molecule has 0 rings (SSSR count). The maximum Gasteiger partial charge on any atom is 0.409 e. The predicted molar refractivity (Wildman–Crippen MR) is 95.9 cm³/mol. The first kappa shape index (κ1) is 28.1. The summed E-state index contributed by atoms with van der Waals surface area (Å²) in [5.41, 5.74) is 0. The highest BCUT2D eigenvalue weighted by molar-refractivity contribution is 5.75. The Labute approximate surface area is 154 Å². The monoisotopic (exact) mass is 380 g/mol. The van der Waals surface area contributed by atoms with Crippen molar-refractivity contribution in [3.05, 3.63) is 0 Å². The van der Waals surface area contributed by atoms with Gasteiger partial charge in [0.05, 0.1) is 21.3 Å². The first-order valence-electron chi connectivity index (χ1n) is 7.69. The average Bonchev–Trinajstić information content (AvgIpc) is 2.69. The van der Waals surface area contributed by atoms with Gasteiger partial charge in [-0.2, -0.15) is 0 Å². The predicted octanol–water partition coefficient (Wildman–Crippen LogP) is 0.497. The Kier molecular flexibility index (Phi) is 20.1. The van der Waals surface area contributed by atoms with E-state index in [1.807, 2.05) is 6.92 Å². The maximum absolute atomic E-state index is 10.9. The molecule has 2 N–H and O–H groups in total. The molecule has 0 aliphatic rings. The van der Waals surface area contributed by atoms with Crippen molar-refractivity contribution in [2.24, 2.45) is 0 Å². The van der Waals surface area contributed by atoms with Crippen LogP contribution in [0.2, 0.25) is 0 Å². The van der Waals surface area contributed by atoms with Crippen molar-refractivity contribution in [3.63, 3.8) is 0 Å². The van der Waals surface area contributed by atoms with Crippen LogP contribution in [-0.2, 0) is 19.0 Å². The van der Waals surface area contributed by atoms with E-state index < -0.39 is 18.3 Å². The fourth-order valence-electron chi connectivity index (χ4n) is 1.07. The van der Waals surface area contributed by atoms with E-state index in [4.69, 9.17) is 0 Å². The van der Waals surface area contributed by atoms with Crippen LogP contribution in [0.25, 0.3) is 0 Å². The van der Waals surface area contributed by atoms with Crippen molar-refractivity contribution in [1.82, 2.24) is 20.4 Å². The van der Waals surface area contributed by atoms with Gasteiger partial charge in [-0.15, -0.1) is 0 Å². The molecule has 0 saturated carbocycles. The number of nitrogens with one attached hydrogen (secondary N) is 2. The molecule has 0 atom stereocenters. The van der Waals surface area contributed by atoms with Gasteiger partial charge in [0.1, 0.15) is 0 Å². The third-order valence-electron chi connectivity index (χ3n) is 2.73. The quantitative estimate of drug-likeness (QED) is 0.680. The molecule has 0 aromatic carbocycles. The lowest BCUT2D eigenvalue weighted by Gasteiger charge is -2.20. The van der Waals surface area contributed by atoms with Gasteiger partial charge in [-0.05, 0) is 0 Å². The number of carbonyl (C=O) groups excluding carboxylic acids is 4. The third-order valence-corrected chi connectivity index (χ3v) is 2.73. The Hall–Kier alpha value is -2.72. The summed E-state index contributed by atoms with van der Waals surface area (Å²) < 4.78 is 13.1. The standard InChI is InChI=1S/C8H16N2O4.C4H9NO.C3H7NO2/c1-9(7(11)13-3)5-6-10(2)8(12)14-4;1-3-4(6)5-2;1-4-3(5)6-2/h5-6H2,1-4H3;3H2,1-2H3,(H,5,6);1-2H3,(H,4,5). The van der Waals surface area contributed by atoms with Crippen LogP contribution in [-0.4, -0.2) is 96.6 Å². The Bertz CT molecular complexity index is 369. The molecular formula is C15H32N4O7. The van der Waals surface area contributed by atoms with E-state index in [9.17, 15) is 19.2 Å². The number of ether oxygens (including phenoxy) is 3. The number of hydrogen-bond donors (Lipinski definition) is 2. The minimum Gasteiger partial charge on any atom is -0.453 e. The van der Waals surface area contributed by atoms with E-state index in [-0.39, 0.29) is 5.91 Å². The molecule has 0 aromatic heterocycles. The fraction of sp³-hybridized carbons (Fsp3) is 0.733. The topological polar surface area (TPSA) is 127 Å². The number of alkyl carbamates (subject to hydrolysis) is 1. The van der Waals surface area contributed by atoms with Crippen molar-refractivity contribution in [2.45, 2.75) is 13.3 Å². The van der Waals surface area contributed by atoms with Crippen LogP contribution >= 0.6 is 0 Å². The number of nitrogens with zero attached hydrogens (tertiary/aromatic N) is 2. The number of hydrogen-bond acceptors (Lipinski definition) is 7. The lowest BCUT2D eigenvalue weighted by Crippen LogP contribution is -2.37. The molecule has 26 heavy (non-hydrogen) atoms. The van der Waals surface area contributed by atoms with Gasteiger partial charge >= 0.3 is 18.3 Å². The number of carbonyl (C=O) groups is 4. The molecule has 0 spiro atoms. The summed E-state index contributed by atoms with van der Waals surface area (Å²) in [6, 6.07) is 0. The smallest absolute Gasteiger partial charge is 0.409 e. The van der Waals surface area contributed by atoms with Gasteiger partial charge in [-0.1, -0.05) is 6.92 Å². The molecule has 154 valence electrons. The summed E-state index contributed by atoms with van der Waals surface area (Å²) in [4.78, 5) is 44.5. The largest absolute Gasteiger partial charge is 0.453 e. The van der Waals surface area contributed by atoms with Crippen molar-refractivity contribution in [3.8, 4) is 0 Å². The number of amides is 4. The minimum atomic E-state index is -0.428. The molecule has 4 amide bonds. The highest BCUT2D eigenvalue weighted by Gasteiger charge is 2.12. The number of methoxy groups -OCH3 is 3. The van der Waals surface area contributed by atoms with E-state index in [2.05, 4.69) is 24.8 Å². The Morgan fingerprint density at radius 1 is 0.769 bits per heavy atom. The van der Waals surface area contributed by atoms with Crippen LogP contribution < -0.4 is 10.6 Å². The summed E-state index contributed by atoms with van der Waals surface area (Å²) in [6.45, 7) is 2.62. The Balaban J connectivity index is -0.000000364. The minimum absolute atomic E-state index is 0.0926. The van der Waals surface area contributed by atoms with E-state index in [1.54, 1.807) is 21.1 Å². The molecule has 0 heterocycles.